The van der Waals surface area contributed by atoms with Crippen molar-refractivity contribution in [3.8, 4) is 0 Å². The van der Waals surface area contributed by atoms with Crippen LogP contribution in [0.2, 0.25) is 0 Å². The molecule has 0 aromatic carbocycles. The van der Waals surface area contributed by atoms with Gasteiger partial charge in [-0.2, -0.15) is 0 Å². The highest BCUT2D eigenvalue weighted by Gasteiger charge is 2.45. The number of rotatable bonds is 3. The number of hydrogen-bond donors (Lipinski definition) is 1. The second kappa shape index (κ2) is 3.07. The molecule has 0 radical (unpaired) electrons. The van der Waals surface area contributed by atoms with E-state index in [-0.39, 0.29) is 6.04 Å². The predicted octanol–water partition coefficient (Wildman–Crippen LogP) is 0.719. The Morgan fingerprint density at radius 3 is 2.77 bits per heavy atom. The third kappa shape index (κ3) is 1.63. The molecule has 2 fully saturated rings. The first-order chi connectivity index (χ1) is 6.13. The van der Waals surface area contributed by atoms with Crippen LogP contribution in [0.25, 0.3) is 0 Å². The van der Waals surface area contributed by atoms with E-state index in [0.29, 0.717) is 31.3 Å². The van der Waals surface area contributed by atoms with Crippen molar-refractivity contribution in [3.63, 3.8) is 0 Å². The van der Waals surface area contributed by atoms with Crippen molar-refractivity contribution in [3.05, 3.63) is 0 Å². The third-order valence-corrected chi connectivity index (χ3v) is 3.33. The molecule has 0 aromatic rings. The fraction of sp³-hybridized carbons (Fsp3) is 0.900. The van der Waals surface area contributed by atoms with Crippen LogP contribution in [0.1, 0.15) is 26.2 Å². The van der Waals surface area contributed by atoms with E-state index >= 15 is 0 Å². The Balaban J connectivity index is 1.99. The maximum Gasteiger partial charge on any atom is 0.142 e. The summed E-state index contributed by atoms with van der Waals surface area (Å²) in [6, 6.07) is -0.0984. The summed E-state index contributed by atoms with van der Waals surface area (Å²) < 4.78 is 5.25. The molecule has 0 amide bonds. The molecule has 1 saturated carbocycles. The molecule has 74 valence electrons. The lowest BCUT2D eigenvalue weighted by atomic mass is 9.79. The van der Waals surface area contributed by atoms with Crippen LogP contribution >= 0.6 is 0 Å². The van der Waals surface area contributed by atoms with E-state index in [9.17, 15) is 4.79 Å². The molecule has 2 N–H and O–H groups in total. The van der Waals surface area contributed by atoms with Crippen LogP contribution in [-0.2, 0) is 9.53 Å². The summed E-state index contributed by atoms with van der Waals surface area (Å²) in [5.74, 6) is 0.956. The van der Waals surface area contributed by atoms with Gasteiger partial charge in [-0.1, -0.05) is 0 Å². The van der Waals surface area contributed by atoms with E-state index in [2.05, 4.69) is 0 Å². The quantitative estimate of drug-likeness (QED) is 0.701. The van der Waals surface area contributed by atoms with Crippen LogP contribution in [0.4, 0.5) is 0 Å². The Kier molecular flexibility index (Phi) is 2.16. The predicted molar refractivity (Wildman–Crippen MR) is 49.2 cm³/mol. The highest BCUT2D eigenvalue weighted by Crippen LogP contribution is 2.38. The smallest absolute Gasteiger partial charge is 0.142 e. The summed E-state index contributed by atoms with van der Waals surface area (Å²) >= 11 is 0. The van der Waals surface area contributed by atoms with Gasteiger partial charge in [0, 0.05) is 12.5 Å². The highest BCUT2D eigenvalue weighted by atomic mass is 16.5. The summed E-state index contributed by atoms with van der Waals surface area (Å²) in [7, 11) is 0. The molecule has 1 aliphatic heterocycles. The van der Waals surface area contributed by atoms with Crippen LogP contribution in [0, 0.1) is 11.3 Å². The number of Topliss-reactive ketones (excluding diaryl/α,β-unsaturated/α-hetero) is 1. The van der Waals surface area contributed by atoms with Crippen LogP contribution < -0.4 is 5.73 Å². The molecule has 2 unspecified atom stereocenters. The van der Waals surface area contributed by atoms with Gasteiger partial charge in [-0.25, -0.2) is 0 Å². The average Bonchev–Trinajstić information content (AvgIpc) is 2.81. The van der Waals surface area contributed by atoms with Crippen molar-refractivity contribution in [1.29, 1.82) is 0 Å². The van der Waals surface area contributed by atoms with Gasteiger partial charge >= 0.3 is 0 Å². The first-order valence-corrected chi connectivity index (χ1v) is 4.99. The number of carbonyl (C=O) groups excluding carboxylic acids is 1. The van der Waals surface area contributed by atoms with Crippen molar-refractivity contribution in [2.75, 3.05) is 13.2 Å². The summed E-state index contributed by atoms with van der Waals surface area (Å²) in [5.41, 5.74) is 5.46. The minimum Gasteiger partial charge on any atom is -0.379 e. The van der Waals surface area contributed by atoms with E-state index in [4.69, 9.17) is 10.5 Å². The molecule has 0 spiro atoms. The van der Waals surface area contributed by atoms with Crippen molar-refractivity contribution in [2.45, 2.75) is 32.2 Å². The zero-order chi connectivity index (χ0) is 9.47. The van der Waals surface area contributed by atoms with Gasteiger partial charge in [0.05, 0.1) is 18.6 Å². The topological polar surface area (TPSA) is 52.3 Å². The summed E-state index contributed by atoms with van der Waals surface area (Å²) in [6.07, 6.45) is 3.16. The first-order valence-electron chi connectivity index (χ1n) is 4.99. The fourth-order valence-electron chi connectivity index (χ4n) is 1.79. The Bertz CT molecular complexity index is 225. The van der Waals surface area contributed by atoms with Gasteiger partial charge in [0.2, 0.25) is 0 Å². The Hall–Kier alpha value is -0.410. The molecule has 0 aromatic heterocycles. The molecule has 1 aliphatic carbocycles. The van der Waals surface area contributed by atoms with E-state index in [1.807, 2.05) is 6.92 Å². The van der Waals surface area contributed by atoms with Gasteiger partial charge in [0.25, 0.3) is 0 Å². The summed E-state index contributed by atoms with van der Waals surface area (Å²) in [5, 5.41) is 0. The van der Waals surface area contributed by atoms with E-state index < -0.39 is 5.41 Å². The molecule has 1 saturated heterocycles. The second-order valence-electron chi connectivity index (χ2n) is 4.61. The van der Waals surface area contributed by atoms with Gasteiger partial charge in [0.1, 0.15) is 5.78 Å². The van der Waals surface area contributed by atoms with Gasteiger partial charge in [0.15, 0.2) is 0 Å². The third-order valence-electron chi connectivity index (χ3n) is 3.33. The lowest BCUT2D eigenvalue weighted by molar-refractivity contribution is -0.128. The summed E-state index contributed by atoms with van der Waals surface area (Å²) in [6.45, 7) is 2.99. The largest absolute Gasteiger partial charge is 0.379 e. The minimum atomic E-state index is -0.400. The number of ether oxygens (including phenoxy) is 1. The molecular weight excluding hydrogens is 166 g/mol. The minimum absolute atomic E-state index is 0.0984. The van der Waals surface area contributed by atoms with Gasteiger partial charge in [-0.15, -0.1) is 0 Å². The number of hydrogen-bond acceptors (Lipinski definition) is 3. The van der Waals surface area contributed by atoms with Gasteiger partial charge in [-0.05, 0) is 25.7 Å². The summed E-state index contributed by atoms with van der Waals surface area (Å²) in [4.78, 5) is 11.9. The molecule has 3 heteroatoms. The molecule has 2 rings (SSSR count). The first kappa shape index (κ1) is 9.16. The zero-order valence-electron chi connectivity index (χ0n) is 8.08. The Labute approximate surface area is 78.6 Å². The van der Waals surface area contributed by atoms with Crippen molar-refractivity contribution < 1.29 is 9.53 Å². The van der Waals surface area contributed by atoms with Crippen LogP contribution in [0.5, 0.6) is 0 Å². The molecule has 1 heterocycles. The zero-order valence-corrected chi connectivity index (χ0v) is 8.08. The Morgan fingerprint density at radius 2 is 2.31 bits per heavy atom. The fourth-order valence-corrected chi connectivity index (χ4v) is 1.79. The molecule has 3 nitrogen and oxygen atoms in total. The van der Waals surface area contributed by atoms with E-state index in [1.165, 1.54) is 12.8 Å². The molecule has 2 aliphatic rings. The lowest BCUT2D eigenvalue weighted by Crippen LogP contribution is -2.44. The monoisotopic (exact) mass is 183 g/mol. The van der Waals surface area contributed by atoms with Crippen LogP contribution in [0.15, 0.2) is 0 Å². The van der Waals surface area contributed by atoms with Crippen LogP contribution in [0.3, 0.4) is 0 Å². The molecular formula is C10H17NO2. The SMILES string of the molecule is CC1(C(=O)CC2CC2)COCC1N. The maximum absolute atomic E-state index is 11.9. The second-order valence-corrected chi connectivity index (χ2v) is 4.61. The van der Waals surface area contributed by atoms with Crippen molar-refractivity contribution in [1.82, 2.24) is 0 Å². The van der Waals surface area contributed by atoms with Crippen molar-refractivity contribution >= 4 is 5.78 Å². The number of carbonyl (C=O) groups is 1. The number of nitrogens with two attached hydrogens (primary N) is 1. The van der Waals surface area contributed by atoms with Crippen molar-refractivity contribution in [2.24, 2.45) is 17.1 Å². The van der Waals surface area contributed by atoms with E-state index in [1.54, 1.807) is 0 Å². The normalized spacial score (nSPS) is 39.4. The standard InChI is InChI=1S/C10H17NO2/c1-10(6-13-5-8(10)11)9(12)4-7-2-3-7/h7-8H,2-6,11H2,1H3. The van der Waals surface area contributed by atoms with E-state index in [0.717, 1.165) is 0 Å². The maximum atomic E-state index is 11.9. The average molecular weight is 183 g/mol. The molecule has 13 heavy (non-hydrogen) atoms. The number of ketones is 1. The highest BCUT2D eigenvalue weighted by molar-refractivity contribution is 5.86. The van der Waals surface area contributed by atoms with Gasteiger partial charge < -0.3 is 10.5 Å². The molecule has 2 atom stereocenters. The van der Waals surface area contributed by atoms with Crippen LogP contribution in [-0.4, -0.2) is 25.0 Å². The van der Waals surface area contributed by atoms with Gasteiger partial charge in [-0.3, -0.25) is 4.79 Å². The Morgan fingerprint density at radius 1 is 1.62 bits per heavy atom. The molecule has 0 bridgehead atoms. The lowest BCUT2D eigenvalue weighted by Gasteiger charge is -2.24.